The van der Waals surface area contributed by atoms with Gasteiger partial charge in [0.2, 0.25) is 0 Å². The Kier molecular flexibility index (Phi) is 5.11. The van der Waals surface area contributed by atoms with Crippen LogP contribution >= 0.6 is 27.5 Å². The molecule has 0 aromatic heterocycles. The predicted molar refractivity (Wildman–Crippen MR) is 80.2 cm³/mol. The van der Waals surface area contributed by atoms with E-state index < -0.39 is 0 Å². The van der Waals surface area contributed by atoms with E-state index in [1.165, 1.54) is 5.56 Å². The molecule has 2 rings (SSSR count). The molecular formula is C15H13BrClO2. The normalized spacial score (nSPS) is 10.4. The van der Waals surface area contributed by atoms with E-state index in [0.717, 1.165) is 17.3 Å². The van der Waals surface area contributed by atoms with Crippen LogP contribution in [0.1, 0.15) is 11.1 Å². The van der Waals surface area contributed by atoms with Crippen LogP contribution in [0, 0.1) is 6.07 Å². The molecule has 0 amide bonds. The first-order chi connectivity index (χ1) is 9.20. The number of alkyl halides is 1. The summed E-state index contributed by atoms with van der Waals surface area (Å²) in [4.78, 5) is 0. The van der Waals surface area contributed by atoms with E-state index in [-0.39, 0.29) is 10.8 Å². The Morgan fingerprint density at radius 3 is 2.53 bits per heavy atom. The van der Waals surface area contributed by atoms with Crippen LogP contribution < -0.4 is 4.74 Å². The van der Waals surface area contributed by atoms with Crippen molar-refractivity contribution in [3.8, 4) is 11.5 Å². The standard InChI is InChI=1S/C15H13BrClO2/c16-9-8-11-4-6-12(7-5-11)10-19-14-3-1-2-13(18)15(14)17/h1,3-7,18H,8-10H2. The quantitative estimate of drug-likeness (QED) is 0.819. The van der Waals surface area contributed by atoms with Crippen LogP contribution in [0.4, 0.5) is 0 Å². The molecule has 19 heavy (non-hydrogen) atoms. The molecule has 0 bridgehead atoms. The fourth-order valence-electron chi connectivity index (χ4n) is 1.63. The maximum absolute atomic E-state index is 9.42. The van der Waals surface area contributed by atoms with Gasteiger partial charge in [0.25, 0.3) is 0 Å². The maximum Gasteiger partial charge on any atom is 0.145 e. The number of halogens is 2. The molecule has 0 aliphatic heterocycles. The van der Waals surface area contributed by atoms with Crippen LogP contribution in [0.2, 0.25) is 5.02 Å². The Morgan fingerprint density at radius 2 is 1.84 bits per heavy atom. The lowest BCUT2D eigenvalue weighted by atomic mass is 10.1. The largest absolute Gasteiger partial charge is 0.506 e. The van der Waals surface area contributed by atoms with Crippen LogP contribution in [0.3, 0.4) is 0 Å². The van der Waals surface area contributed by atoms with Gasteiger partial charge in [0, 0.05) is 11.4 Å². The number of hydrogen-bond acceptors (Lipinski definition) is 2. The summed E-state index contributed by atoms with van der Waals surface area (Å²) in [5, 5.41) is 10.6. The fraction of sp³-hybridized carbons (Fsp3) is 0.200. The van der Waals surface area contributed by atoms with Crippen molar-refractivity contribution in [1.29, 1.82) is 0 Å². The van der Waals surface area contributed by atoms with Crippen molar-refractivity contribution >= 4 is 27.5 Å². The molecule has 1 radical (unpaired) electrons. The van der Waals surface area contributed by atoms with Crippen LogP contribution in [0.15, 0.2) is 36.4 Å². The lowest BCUT2D eigenvalue weighted by molar-refractivity contribution is 0.304. The van der Waals surface area contributed by atoms with Crippen molar-refractivity contribution < 1.29 is 9.84 Å². The van der Waals surface area contributed by atoms with Crippen LogP contribution in [-0.2, 0) is 13.0 Å². The number of aryl methyl sites for hydroxylation is 1. The minimum absolute atomic E-state index is 0.0909. The first-order valence-corrected chi connectivity index (χ1v) is 7.36. The molecule has 2 nitrogen and oxygen atoms in total. The Labute approximate surface area is 126 Å². The smallest absolute Gasteiger partial charge is 0.145 e. The summed E-state index contributed by atoms with van der Waals surface area (Å²) in [7, 11) is 0. The summed E-state index contributed by atoms with van der Waals surface area (Å²) in [5.41, 5.74) is 2.34. The summed E-state index contributed by atoms with van der Waals surface area (Å²) in [6, 6.07) is 14.1. The van der Waals surface area contributed by atoms with Crippen LogP contribution in [-0.4, -0.2) is 10.4 Å². The van der Waals surface area contributed by atoms with Gasteiger partial charge in [0.05, 0.1) is 0 Å². The lowest BCUT2D eigenvalue weighted by Crippen LogP contribution is -1.96. The number of phenols is 1. The van der Waals surface area contributed by atoms with Crippen molar-refractivity contribution in [3.63, 3.8) is 0 Å². The minimum Gasteiger partial charge on any atom is -0.506 e. The zero-order chi connectivity index (χ0) is 13.7. The van der Waals surface area contributed by atoms with Crippen molar-refractivity contribution in [2.24, 2.45) is 0 Å². The highest BCUT2D eigenvalue weighted by atomic mass is 79.9. The summed E-state index contributed by atoms with van der Waals surface area (Å²) in [6.07, 6.45) is 1.01. The Bertz CT molecular complexity index is 540. The van der Waals surface area contributed by atoms with E-state index in [0.29, 0.717) is 12.4 Å². The molecule has 0 saturated heterocycles. The molecule has 0 aliphatic carbocycles. The lowest BCUT2D eigenvalue weighted by Gasteiger charge is -2.09. The third-order valence-electron chi connectivity index (χ3n) is 2.68. The predicted octanol–water partition coefficient (Wildman–Crippen LogP) is 4.36. The Morgan fingerprint density at radius 1 is 1.16 bits per heavy atom. The number of rotatable bonds is 5. The van der Waals surface area contributed by atoms with E-state index in [2.05, 4.69) is 34.1 Å². The zero-order valence-electron chi connectivity index (χ0n) is 10.2. The van der Waals surface area contributed by atoms with Gasteiger partial charge in [-0.2, -0.15) is 0 Å². The van der Waals surface area contributed by atoms with E-state index in [1.807, 2.05) is 12.1 Å². The van der Waals surface area contributed by atoms with E-state index >= 15 is 0 Å². The molecule has 0 atom stereocenters. The van der Waals surface area contributed by atoms with Gasteiger partial charge in [0.1, 0.15) is 23.1 Å². The fourth-order valence-corrected chi connectivity index (χ4v) is 2.26. The molecular weight excluding hydrogens is 328 g/mol. The Hall–Kier alpha value is -1.19. The molecule has 0 aliphatic rings. The SMILES string of the molecule is Oc1[c]ccc(OCc2ccc(CCBr)cc2)c1Cl. The molecule has 0 heterocycles. The summed E-state index contributed by atoms with van der Waals surface area (Å²) < 4.78 is 5.58. The van der Waals surface area contributed by atoms with Crippen LogP contribution in [0.5, 0.6) is 11.5 Å². The highest BCUT2D eigenvalue weighted by molar-refractivity contribution is 9.09. The second kappa shape index (κ2) is 6.83. The summed E-state index contributed by atoms with van der Waals surface area (Å²) in [5.74, 6) is 0.370. The monoisotopic (exact) mass is 339 g/mol. The van der Waals surface area contributed by atoms with Gasteiger partial charge < -0.3 is 9.84 Å². The van der Waals surface area contributed by atoms with Crippen molar-refractivity contribution in [3.05, 3.63) is 58.6 Å². The zero-order valence-corrected chi connectivity index (χ0v) is 12.5. The molecule has 0 saturated carbocycles. The van der Waals surface area contributed by atoms with Gasteiger partial charge in [-0.3, -0.25) is 0 Å². The van der Waals surface area contributed by atoms with Gasteiger partial charge >= 0.3 is 0 Å². The maximum atomic E-state index is 9.42. The highest BCUT2D eigenvalue weighted by Crippen LogP contribution is 2.32. The van der Waals surface area contributed by atoms with Crippen LogP contribution in [0.25, 0.3) is 0 Å². The number of aromatic hydroxyl groups is 1. The Balaban J connectivity index is 2.00. The number of benzene rings is 2. The average Bonchev–Trinajstić information content (AvgIpc) is 2.42. The van der Waals surface area contributed by atoms with E-state index in [4.69, 9.17) is 16.3 Å². The summed E-state index contributed by atoms with van der Waals surface area (Å²) in [6.45, 7) is 0.414. The van der Waals surface area contributed by atoms with Crippen molar-refractivity contribution in [2.75, 3.05) is 5.33 Å². The highest BCUT2D eigenvalue weighted by Gasteiger charge is 2.06. The number of hydrogen-bond donors (Lipinski definition) is 1. The van der Waals surface area contributed by atoms with E-state index in [9.17, 15) is 5.11 Å². The molecule has 0 fully saturated rings. The molecule has 0 spiro atoms. The minimum atomic E-state index is -0.0909. The molecule has 2 aromatic rings. The first-order valence-electron chi connectivity index (χ1n) is 5.86. The molecule has 1 N–H and O–H groups in total. The van der Waals surface area contributed by atoms with E-state index in [1.54, 1.807) is 12.1 Å². The first kappa shape index (κ1) is 14.2. The topological polar surface area (TPSA) is 29.5 Å². The van der Waals surface area contributed by atoms with Gasteiger partial charge in [-0.05, 0) is 29.7 Å². The summed E-state index contributed by atoms with van der Waals surface area (Å²) >= 11 is 9.33. The average molecular weight is 341 g/mol. The second-order valence-corrected chi connectivity index (χ2v) is 5.22. The number of ether oxygens (including phenoxy) is 1. The van der Waals surface area contributed by atoms with Gasteiger partial charge in [-0.1, -0.05) is 51.8 Å². The third-order valence-corrected chi connectivity index (χ3v) is 3.44. The van der Waals surface area contributed by atoms with Crippen molar-refractivity contribution in [1.82, 2.24) is 0 Å². The molecule has 4 heteroatoms. The number of phenolic OH excluding ortho intramolecular Hbond substituents is 1. The second-order valence-electron chi connectivity index (χ2n) is 4.05. The van der Waals surface area contributed by atoms with Gasteiger partial charge in [0.15, 0.2) is 0 Å². The van der Waals surface area contributed by atoms with Crippen molar-refractivity contribution in [2.45, 2.75) is 13.0 Å². The van der Waals surface area contributed by atoms with Gasteiger partial charge in [-0.25, -0.2) is 0 Å². The molecule has 99 valence electrons. The molecule has 2 aromatic carbocycles. The molecule has 0 unspecified atom stereocenters. The third kappa shape index (κ3) is 3.88. The van der Waals surface area contributed by atoms with Gasteiger partial charge in [-0.15, -0.1) is 0 Å².